The van der Waals surface area contributed by atoms with Gasteiger partial charge in [0.2, 0.25) is 0 Å². The van der Waals surface area contributed by atoms with E-state index in [0.717, 1.165) is 17.9 Å². The molecule has 0 unspecified atom stereocenters. The average molecular weight is 301 g/mol. The summed E-state index contributed by atoms with van der Waals surface area (Å²) >= 11 is 0. The second kappa shape index (κ2) is 6.72. The lowest BCUT2D eigenvalue weighted by molar-refractivity contribution is 0.567. The minimum atomic E-state index is -3.02. The fourth-order valence-electron chi connectivity index (χ4n) is 1.96. The van der Waals surface area contributed by atoms with Gasteiger partial charge in [-0.3, -0.25) is 4.68 Å². The molecule has 1 heterocycles. The Hall–Kier alpha value is -0.880. The highest BCUT2D eigenvalue weighted by molar-refractivity contribution is 7.91. The topological polar surface area (TPSA) is 64.0 Å². The van der Waals surface area contributed by atoms with E-state index >= 15 is 0 Å². The van der Waals surface area contributed by atoms with Gasteiger partial charge in [-0.1, -0.05) is 13.8 Å². The largest absolute Gasteiger partial charge is 0.310 e. The third-order valence-corrected chi connectivity index (χ3v) is 5.71. The SMILES string of the molecule is Cc1nn(CCS(=O)(=O)C(C)C)c(C)c1CNC(C)C. The Morgan fingerprint density at radius 3 is 2.30 bits per heavy atom. The molecule has 0 saturated carbocycles. The van der Waals surface area contributed by atoms with E-state index in [2.05, 4.69) is 24.3 Å². The first-order valence-electron chi connectivity index (χ1n) is 7.13. The Morgan fingerprint density at radius 2 is 1.80 bits per heavy atom. The molecule has 1 aromatic heterocycles. The van der Waals surface area contributed by atoms with Gasteiger partial charge in [0.1, 0.15) is 0 Å². The van der Waals surface area contributed by atoms with Crippen molar-refractivity contribution in [2.75, 3.05) is 5.75 Å². The fraction of sp³-hybridized carbons (Fsp3) is 0.786. The van der Waals surface area contributed by atoms with Gasteiger partial charge in [0.25, 0.3) is 0 Å². The van der Waals surface area contributed by atoms with Crippen molar-refractivity contribution in [3.05, 3.63) is 17.0 Å². The van der Waals surface area contributed by atoms with Crippen molar-refractivity contribution in [2.24, 2.45) is 0 Å². The molecule has 0 saturated heterocycles. The molecule has 6 heteroatoms. The lowest BCUT2D eigenvalue weighted by atomic mass is 10.2. The van der Waals surface area contributed by atoms with Crippen LogP contribution in [-0.4, -0.2) is 35.2 Å². The highest BCUT2D eigenvalue weighted by Gasteiger charge is 2.18. The number of aromatic nitrogens is 2. The molecule has 0 aliphatic rings. The number of nitrogens with one attached hydrogen (secondary N) is 1. The summed E-state index contributed by atoms with van der Waals surface area (Å²) in [5.41, 5.74) is 3.19. The van der Waals surface area contributed by atoms with Gasteiger partial charge in [0.05, 0.1) is 23.2 Å². The van der Waals surface area contributed by atoms with Gasteiger partial charge in [-0.15, -0.1) is 0 Å². The van der Waals surface area contributed by atoms with E-state index in [4.69, 9.17) is 0 Å². The standard InChI is InChI=1S/C14H27N3O2S/c1-10(2)15-9-14-12(5)16-17(13(14)6)7-8-20(18,19)11(3)4/h10-11,15H,7-9H2,1-6H3. The molecule has 0 aliphatic carbocycles. The Labute approximate surface area is 122 Å². The summed E-state index contributed by atoms with van der Waals surface area (Å²) in [6.07, 6.45) is 0. The van der Waals surface area contributed by atoms with E-state index in [-0.39, 0.29) is 11.0 Å². The fourth-order valence-corrected chi connectivity index (χ4v) is 2.86. The molecule has 1 aromatic rings. The molecule has 0 bridgehead atoms. The zero-order valence-electron chi connectivity index (χ0n) is 13.4. The van der Waals surface area contributed by atoms with Crippen molar-refractivity contribution in [1.29, 1.82) is 0 Å². The lowest BCUT2D eigenvalue weighted by Crippen LogP contribution is -2.23. The van der Waals surface area contributed by atoms with Crippen molar-refractivity contribution in [2.45, 2.75) is 65.9 Å². The smallest absolute Gasteiger partial charge is 0.154 e. The second-order valence-corrected chi connectivity index (χ2v) is 8.50. The minimum absolute atomic E-state index is 0.143. The van der Waals surface area contributed by atoms with Crippen LogP contribution in [0.1, 0.15) is 44.6 Å². The first-order valence-corrected chi connectivity index (χ1v) is 8.84. The van der Waals surface area contributed by atoms with E-state index in [9.17, 15) is 8.42 Å². The van der Waals surface area contributed by atoms with Crippen molar-refractivity contribution in [3.8, 4) is 0 Å². The molecule has 5 nitrogen and oxygen atoms in total. The summed E-state index contributed by atoms with van der Waals surface area (Å²) < 4.78 is 25.5. The van der Waals surface area contributed by atoms with Crippen LogP contribution in [0.3, 0.4) is 0 Å². The average Bonchev–Trinajstić information content (AvgIpc) is 2.59. The molecule has 1 N–H and O–H groups in total. The first kappa shape index (κ1) is 17.2. The van der Waals surface area contributed by atoms with Crippen LogP contribution in [0.4, 0.5) is 0 Å². The molecule has 20 heavy (non-hydrogen) atoms. The third-order valence-electron chi connectivity index (χ3n) is 3.52. The van der Waals surface area contributed by atoms with Gasteiger partial charge >= 0.3 is 0 Å². The monoisotopic (exact) mass is 301 g/mol. The van der Waals surface area contributed by atoms with E-state index in [1.54, 1.807) is 13.8 Å². The van der Waals surface area contributed by atoms with Crippen LogP contribution >= 0.6 is 0 Å². The predicted molar refractivity (Wildman–Crippen MR) is 82.6 cm³/mol. The molecule has 0 radical (unpaired) electrons. The lowest BCUT2D eigenvalue weighted by Gasteiger charge is -2.10. The molecule has 0 spiro atoms. The van der Waals surface area contributed by atoms with Crippen LogP contribution < -0.4 is 5.32 Å². The Kier molecular flexibility index (Phi) is 5.77. The van der Waals surface area contributed by atoms with E-state index in [1.807, 2.05) is 18.5 Å². The summed E-state index contributed by atoms with van der Waals surface area (Å²) in [6, 6.07) is 0.415. The number of nitrogens with zero attached hydrogens (tertiary/aromatic N) is 2. The maximum absolute atomic E-state index is 11.9. The molecular formula is C14H27N3O2S. The Morgan fingerprint density at radius 1 is 1.20 bits per heavy atom. The summed E-state index contributed by atoms with van der Waals surface area (Å²) in [6.45, 7) is 12.8. The van der Waals surface area contributed by atoms with Gasteiger partial charge < -0.3 is 5.32 Å². The first-order chi connectivity index (χ1) is 9.15. The predicted octanol–water partition coefficient (Wildman–Crippen LogP) is 1.82. The van der Waals surface area contributed by atoms with Crippen molar-refractivity contribution < 1.29 is 8.42 Å². The molecule has 116 valence electrons. The van der Waals surface area contributed by atoms with Gasteiger partial charge in [0.15, 0.2) is 9.84 Å². The van der Waals surface area contributed by atoms with Crippen molar-refractivity contribution >= 4 is 9.84 Å². The third kappa shape index (κ3) is 4.31. The minimum Gasteiger partial charge on any atom is -0.310 e. The second-order valence-electron chi connectivity index (χ2n) is 5.82. The maximum atomic E-state index is 11.9. The number of rotatable bonds is 7. The van der Waals surface area contributed by atoms with E-state index in [1.165, 1.54) is 5.56 Å². The highest BCUT2D eigenvalue weighted by Crippen LogP contribution is 2.14. The maximum Gasteiger partial charge on any atom is 0.154 e. The normalized spacial score (nSPS) is 12.6. The van der Waals surface area contributed by atoms with E-state index < -0.39 is 9.84 Å². The molecular weight excluding hydrogens is 274 g/mol. The molecule has 0 amide bonds. The van der Waals surface area contributed by atoms with Crippen LogP contribution in [0.15, 0.2) is 0 Å². The van der Waals surface area contributed by atoms with Crippen molar-refractivity contribution in [3.63, 3.8) is 0 Å². The van der Waals surface area contributed by atoms with Crippen LogP contribution in [0.5, 0.6) is 0 Å². The van der Waals surface area contributed by atoms with Gasteiger partial charge in [-0.2, -0.15) is 5.10 Å². The van der Waals surface area contributed by atoms with Gasteiger partial charge in [-0.05, 0) is 27.7 Å². The van der Waals surface area contributed by atoms with Crippen LogP contribution in [0, 0.1) is 13.8 Å². The Balaban J connectivity index is 2.81. The zero-order chi connectivity index (χ0) is 15.5. The number of hydrogen-bond donors (Lipinski definition) is 1. The number of sulfone groups is 1. The molecule has 0 aromatic carbocycles. The van der Waals surface area contributed by atoms with Crippen molar-refractivity contribution in [1.82, 2.24) is 15.1 Å². The van der Waals surface area contributed by atoms with Crippen LogP contribution in [-0.2, 0) is 22.9 Å². The van der Waals surface area contributed by atoms with Crippen LogP contribution in [0.2, 0.25) is 0 Å². The number of aryl methyl sites for hydroxylation is 2. The quantitative estimate of drug-likeness (QED) is 0.834. The summed E-state index contributed by atoms with van der Waals surface area (Å²) in [5, 5.41) is 7.51. The molecule has 0 fully saturated rings. The molecule has 0 atom stereocenters. The molecule has 0 aliphatic heterocycles. The summed E-state index contributed by atoms with van der Waals surface area (Å²) in [5.74, 6) is 0.143. The number of hydrogen-bond acceptors (Lipinski definition) is 4. The zero-order valence-corrected chi connectivity index (χ0v) is 14.2. The van der Waals surface area contributed by atoms with Gasteiger partial charge in [-0.25, -0.2) is 8.42 Å². The summed E-state index contributed by atoms with van der Waals surface area (Å²) in [7, 11) is -3.02. The summed E-state index contributed by atoms with van der Waals surface area (Å²) in [4.78, 5) is 0. The highest BCUT2D eigenvalue weighted by atomic mass is 32.2. The molecule has 1 rings (SSSR count). The van der Waals surface area contributed by atoms with E-state index in [0.29, 0.717) is 12.6 Å². The Bertz CT molecular complexity index is 545. The van der Waals surface area contributed by atoms with Crippen LogP contribution in [0.25, 0.3) is 0 Å². The van der Waals surface area contributed by atoms with Gasteiger partial charge in [0, 0.05) is 23.8 Å².